The summed E-state index contributed by atoms with van der Waals surface area (Å²) < 4.78 is 0. The van der Waals surface area contributed by atoms with Gasteiger partial charge in [0.15, 0.2) is 0 Å². The highest BCUT2D eigenvalue weighted by molar-refractivity contribution is 5.80. The first-order valence-electron chi connectivity index (χ1n) is 7.98. The lowest BCUT2D eigenvalue weighted by Crippen LogP contribution is -1.91. The molecule has 0 radical (unpaired) electrons. The molecule has 0 fully saturated rings. The third-order valence-electron chi connectivity index (χ3n) is 3.48. The Morgan fingerprint density at radius 3 is 2.35 bits per heavy atom. The second-order valence-corrected chi connectivity index (χ2v) is 5.61. The van der Waals surface area contributed by atoms with E-state index in [-0.39, 0.29) is 0 Å². The van der Waals surface area contributed by atoms with Crippen LogP contribution in [0, 0.1) is 0 Å². The van der Waals surface area contributed by atoms with Crippen LogP contribution < -0.4 is 5.32 Å². The van der Waals surface area contributed by atoms with Gasteiger partial charge in [-0.05, 0) is 62.2 Å². The molecule has 2 aromatic rings. The first-order valence-corrected chi connectivity index (χ1v) is 7.98. The van der Waals surface area contributed by atoms with Crippen LogP contribution in [0.1, 0.15) is 26.2 Å². The Labute approximate surface area is 139 Å². The minimum Gasteiger partial charge on any atom is -0.362 e. The Kier molecular flexibility index (Phi) is 6.86. The third kappa shape index (κ3) is 6.79. The molecular weight excluding hydrogens is 280 g/mol. The summed E-state index contributed by atoms with van der Waals surface area (Å²) in [6.45, 7) is 6.23. The SMILES string of the molecule is C=C(C=Nc1ccccc1)CCC/C(C)=C\Nc1ccccc1. The summed E-state index contributed by atoms with van der Waals surface area (Å²) in [6.07, 6.45) is 7.05. The monoisotopic (exact) mass is 304 g/mol. The van der Waals surface area contributed by atoms with Gasteiger partial charge < -0.3 is 5.32 Å². The van der Waals surface area contributed by atoms with Gasteiger partial charge in [0.1, 0.15) is 0 Å². The summed E-state index contributed by atoms with van der Waals surface area (Å²) in [4.78, 5) is 4.43. The van der Waals surface area contributed by atoms with E-state index in [4.69, 9.17) is 0 Å². The Morgan fingerprint density at radius 2 is 1.65 bits per heavy atom. The lowest BCUT2D eigenvalue weighted by Gasteiger charge is -2.04. The number of nitrogens with zero attached hydrogens (tertiary/aromatic N) is 1. The van der Waals surface area contributed by atoms with Crippen molar-refractivity contribution < 1.29 is 0 Å². The van der Waals surface area contributed by atoms with Crippen molar-refractivity contribution in [1.29, 1.82) is 0 Å². The van der Waals surface area contributed by atoms with E-state index in [1.54, 1.807) is 0 Å². The van der Waals surface area contributed by atoms with Crippen LogP contribution in [0.25, 0.3) is 0 Å². The fraction of sp³-hybridized carbons (Fsp3) is 0.190. The van der Waals surface area contributed by atoms with Crippen molar-refractivity contribution in [3.8, 4) is 0 Å². The highest BCUT2D eigenvalue weighted by Gasteiger charge is 1.95. The Hall–Kier alpha value is -2.61. The molecule has 118 valence electrons. The zero-order chi connectivity index (χ0) is 16.3. The summed E-state index contributed by atoms with van der Waals surface area (Å²) in [7, 11) is 0. The molecule has 0 aliphatic heterocycles. The summed E-state index contributed by atoms with van der Waals surface area (Å²) in [5.74, 6) is 0. The number of anilines is 1. The number of hydrogen-bond donors (Lipinski definition) is 1. The van der Waals surface area contributed by atoms with Gasteiger partial charge in [-0.25, -0.2) is 0 Å². The molecule has 2 nitrogen and oxygen atoms in total. The normalized spacial score (nSPS) is 11.6. The smallest absolute Gasteiger partial charge is 0.0629 e. The number of benzene rings is 2. The maximum atomic E-state index is 4.43. The highest BCUT2D eigenvalue weighted by Crippen LogP contribution is 2.13. The summed E-state index contributed by atoms with van der Waals surface area (Å²) in [5.41, 5.74) is 4.49. The van der Waals surface area contributed by atoms with Crippen LogP contribution in [0.15, 0.2) is 89.6 Å². The van der Waals surface area contributed by atoms with Gasteiger partial charge in [-0.1, -0.05) is 48.6 Å². The van der Waals surface area contributed by atoms with Crippen LogP contribution in [0.3, 0.4) is 0 Å². The Morgan fingerprint density at radius 1 is 1.00 bits per heavy atom. The van der Waals surface area contributed by atoms with Gasteiger partial charge >= 0.3 is 0 Å². The van der Waals surface area contributed by atoms with Crippen LogP contribution in [0.5, 0.6) is 0 Å². The molecule has 0 saturated carbocycles. The van der Waals surface area contributed by atoms with Crippen molar-refractivity contribution in [2.24, 2.45) is 4.99 Å². The number of rotatable bonds is 8. The van der Waals surface area contributed by atoms with Crippen LogP contribution >= 0.6 is 0 Å². The average molecular weight is 304 g/mol. The summed E-state index contributed by atoms with van der Waals surface area (Å²) in [6, 6.07) is 20.2. The maximum Gasteiger partial charge on any atom is 0.0629 e. The first kappa shape index (κ1) is 16.8. The number of hydrogen-bond acceptors (Lipinski definition) is 2. The predicted octanol–water partition coefficient (Wildman–Crippen LogP) is 6.13. The average Bonchev–Trinajstić information content (AvgIpc) is 2.60. The summed E-state index contributed by atoms with van der Waals surface area (Å²) >= 11 is 0. The molecule has 0 aliphatic carbocycles. The molecule has 2 heteroatoms. The molecular formula is C21H24N2. The van der Waals surface area contributed by atoms with E-state index in [0.717, 1.165) is 36.2 Å². The molecule has 0 spiro atoms. The van der Waals surface area contributed by atoms with Gasteiger partial charge in [0.05, 0.1) is 5.69 Å². The van der Waals surface area contributed by atoms with Gasteiger partial charge in [0, 0.05) is 11.9 Å². The lowest BCUT2D eigenvalue weighted by molar-refractivity contribution is 0.822. The Balaban J connectivity index is 1.69. The second kappa shape index (κ2) is 9.42. The number of aliphatic imine (C=N–C) groups is 1. The molecule has 2 rings (SSSR count). The van der Waals surface area contributed by atoms with E-state index in [1.807, 2.05) is 54.7 Å². The van der Waals surface area contributed by atoms with Crippen molar-refractivity contribution in [3.05, 3.63) is 84.6 Å². The molecule has 0 atom stereocenters. The van der Waals surface area contributed by atoms with Gasteiger partial charge in [0.2, 0.25) is 0 Å². The van der Waals surface area contributed by atoms with Gasteiger partial charge in [0.25, 0.3) is 0 Å². The molecule has 23 heavy (non-hydrogen) atoms. The van der Waals surface area contributed by atoms with E-state index in [2.05, 4.69) is 42.1 Å². The molecule has 0 bridgehead atoms. The zero-order valence-electron chi connectivity index (χ0n) is 13.7. The molecule has 1 N–H and O–H groups in total. The molecule has 2 aromatic carbocycles. The topological polar surface area (TPSA) is 24.4 Å². The molecule has 0 aromatic heterocycles. The van der Waals surface area contributed by atoms with Crippen LogP contribution in [-0.4, -0.2) is 6.21 Å². The van der Waals surface area contributed by atoms with Crippen molar-refractivity contribution >= 4 is 17.6 Å². The molecule has 0 saturated heterocycles. The number of para-hydroxylation sites is 2. The van der Waals surface area contributed by atoms with Crippen LogP contribution in [0.4, 0.5) is 11.4 Å². The fourth-order valence-corrected chi connectivity index (χ4v) is 2.15. The van der Waals surface area contributed by atoms with Crippen molar-refractivity contribution in [2.75, 3.05) is 5.32 Å². The zero-order valence-corrected chi connectivity index (χ0v) is 13.7. The molecule has 0 unspecified atom stereocenters. The van der Waals surface area contributed by atoms with Crippen LogP contribution in [0.2, 0.25) is 0 Å². The third-order valence-corrected chi connectivity index (χ3v) is 3.48. The lowest BCUT2D eigenvalue weighted by atomic mass is 10.1. The molecule has 0 amide bonds. The van der Waals surface area contributed by atoms with E-state index in [1.165, 1.54) is 5.57 Å². The van der Waals surface area contributed by atoms with Gasteiger partial charge in [-0.3, -0.25) is 4.99 Å². The largest absolute Gasteiger partial charge is 0.362 e. The quantitative estimate of drug-likeness (QED) is 0.583. The van der Waals surface area contributed by atoms with E-state index >= 15 is 0 Å². The number of nitrogens with one attached hydrogen (secondary N) is 1. The highest BCUT2D eigenvalue weighted by atomic mass is 14.8. The van der Waals surface area contributed by atoms with Crippen molar-refractivity contribution in [2.45, 2.75) is 26.2 Å². The molecule has 0 heterocycles. The summed E-state index contributed by atoms with van der Waals surface area (Å²) in [5, 5.41) is 3.32. The van der Waals surface area contributed by atoms with E-state index in [0.29, 0.717) is 0 Å². The predicted molar refractivity (Wildman–Crippen MR) is 101 cm³/mol. The maximum absolute atomic E-state index is 4.43. The van der Waals surface area contributed by atoms with Crippen molar-refractivity contribution in [1.82, 2.24) is 0 Å². The fourth-order valence-electron chi connectivity index (χ4n) is 2.15. The van der Waals surface area contributed by atoms with Crippen molar-refractivity contribution in [3.63, 3.8) is 0 Å². The first-order chi connectivity index (χ1) is 11.2. The second-order valence-electron chi connectivity index (χ2n) is 5.61. The minimum absolute atomic E-state index is 0.965. The standard InChI is InChI=1S/C21H24N2/c1-18(16-22-20-12-5-3-6-13-20)10-9-11-19(2)17-23-21-14-7-4-8-15-21/h3-8,12-17,23H,1,9-11H2,2H3/b19-17-,22-16?. The van der Waals surface area contributed by atoms with E-state index < -0.39 is 0 Å². The number of allylic oxidation sites excluding steroid dienone is 2. The van der Waals surface area contributed by atoms with Gasteiger partial charge in [-0.15, -0.1) is 0 Å². The van der Waals surface area contributed by atoms with Crippen LogP contribution in [-0.2, 0) is 0 Å². The Bertz CT molecular complexity index is 653. The van der Waals surface area contributed by atoms with Gasteiger partial charge in [-0.2, -0.15) is 0 Å². The molecule has 0 aliphatic rings. The van der Waals surface area contributed by atoms with E-state index in [9.17, 15) is 0 Å². The minimum atomic E-state index is 0.965.